The second-order valence-corrected chi connectivity index (χ2v) is 13.8. The predicted octanol–water partition coefficient (Wildman–Crippen LogP) is 8.94. The summed E-state index contributed by atoms with van der Waals surface area (Å²) in [6.07, 6.45) is 10.1. The fraction of sp³-hybridized carbons (Fsp3) is 0.432. The first-order valence-electron chi connectivity index (χ1n) is 16.0. The molecule has 2 rings (SSSR count). The van der Waals surface area contributed by atoms with E-state index in [-0.39, 0.29) is 30.0 Å². The summed E-state index contributed by atoms with van der Waals surface area (Å²) in [6.45, 7) is 12.2. The Bertz CT molecular complexity index is 1300. The van der Waals surface area contributed by atoms with E-state index >= 15 is 0 Å². The largest absolute Gasteiger partial charge is 0.698 e. The van der Waals surface area contributed by atoms with Crippen LogP contribution in [-0.2, 0) is 27.7 Å². The van der Waals surface area contributed by atoms with Crippen molar-refractivity contribution in [3.8, 4) is 22.6 Å². The number of hydrogen-bond acceptors (Lipinski definition) is 8. The second kappa shape index (κ2) is 20.1. The van der Waals surface area contributed by atoms with Crippen molar-refractivity contribution < 1.29 is 37.1 Å². The van der Waals surface area contributed by atoms with Gasteiger partial charge < -0.3 is 22.8 Å². The molecule has 0 saturated heterocycles. The lowest BCUT2D eigenvalue weighted by atomic mass is 10.0. The van der Waals surface area contributed by atoms with Gasteiger partial charge in [0, 0.05) is 23.8 Å². The fourth-order valence-corrected chi connectivity index (χ4v) is 7.53. The van der Waals surface area contributed by atoms with Gasteiger partial charge in [0.1, 0.15) is 0 Å². The highest BCUT2D eigenvalue weighted by Gasteiger charge is 2.49. The number of allylic oxidation sites excluding steroid dienone is 6. The Morgan fingerprint density at radius 3 is 1.65 bits per heavy atom. The quantitative estimate of drug-likeness (QED) is 0.0539. The molecule has 0 N–H and O–H groups in total. The van der Waals surface area contributed by atoms with Gasteiger partial charge in [0.15, 0.2) is 28.8 Å². The van der Waals surface area contributed by atoms with Crippen molar-refractivity contribution in [2.45, 2.75) is 93.0 Å². The van der Waals surface area contributed by atoms with E-state index < -0.39 is 8.80 Å². The summed E-state index contributed by atoms with van der Waals surface area (Å²) in [6, 6.07) is 16.1. The van der Waals surface area contributed by atoms with Crippen LogP contribution in [0.5, 0.6) is 11.5 Å². The zero-order valence-electron chi connectivity index (χ0n) is 28.5. The van der Waals surface area contributed by atoms with Crippen LogP contribution in [-0.4, -0.2) is 39.4 Å². The molecule has 0 aliphatic rings. The van der Waals surface area contributed by atoms with E-state index in [4.69, 9.17) is 22.8 Å². The molecule has 0 radical (unpaired) electrons. The Morgan fingerprint density at radius 1 is 0.609 bits per heavy atom. The number of unbranched alkanes of at least 4 members (excludes halogenated alkanes) is 4. The lowest BCUT2D eigenvalue weighted by molar-refractivity contribution is -0.113. The maximum Gasteiger partial charge on any atom is 0.698 e. The number of ketones is 3. The molecule has 0 amide bonds. The smallest absolute Gasteiger partial charge is 0.490 e. The number of ether oxygens (including phenoxy) is 2. The van der Waals surface area contributed by atoms with Gasteiger partial charge in [0.2, 0.25) is 0 Å². The first-order valence-corrected chi connectivity index (χ1v) is 18.0. The van der Waals surface area contributed by atoms with Crippen molar-refractivity contribution in [1.82, 2.24) is 0 Å². The van der Waals surface area contributed by atoms with E-state index in [2.05, 4.69) is 6.92 Å². The molecule has 0 aliphatic heterocycles. The molecular weight excluding hydrogens is 600 g/mol. The normalized spacial score (nSPS) is 12.4. The summed E-state index contributed by atoms with van der Waals surface area (Å²) in [7, 11) is -3.72. The molecule has 250 valence electrons. The van der Waals surface area contributed by atoms with Crippen LogP contribution in [0.25, 0.3) is 11.1 Å². The van der Waals surface area contributed by atoms with Crippen LogP contribution in [0, 0.1) is 0 Å². The highest BCUT2D eigenvalue weighted by atomic mass is 28.4. The van der Waals surface area contributed by atoms with E-state index in [9.17, 15) is 14.4 Å². The average molecular weight is 651 g/mol. The Hall–Kier alpha value is -4.11. The van der Waals surface area contributed by atoms with Crippen LogP contribution in [0.2, 0.25) is 6.04 Å². The van der Waals surface area contributed by atoms with Gasteiger partial charge in [-0.25, -0.2) is 0 Å². The molecule has 0 atom stereocenters. The Labute approximate surface area is 275 Å². The molecule has 46 heavy (non-hydrogen) atoms. The second-order valence-electron chi connectivity index (χ2n) is 11.3. The zero-order valence-corrected chi connectivity index (χ0v) is 29.5. The van der Waals surface area contributed by atoms with Gasteiger partial charge in [-0.1, -0.05) is 75.1 Å². The number of carbonyl (C=O) groups excluding carboxylic acids is 3. The van der Waals surface area contributed by atoms with E-state index in [1.165, 1.54) is 58.3 Å². The van der Waals surface area contributed by atoms with Gasteiger partial charge in [-0.05, 0) is 66.0 Å². The third-order valence-electron chi connectivity index (χ3n) is 6.61. The molecule has 8 nitrogen and oxygen atoms in total. The topological polar surface area (TPSA) is 97.4 Å². The van der Waals surface area contributed by atoms with Gasteiger partial charge in [-0.2, -0.15) is 0 Å². The minimum atomic E-state index is -3.72. The third kappa shape index (κ3) is 14.3. The number of para-hydroxylation sites is 1. The number of benzene rings is 2. The molecule has 2 aromatic rings. The Kier molecular flexibility index (Phi) is 16.6. The fourth-order valence-electron chi connectivity index (χ4n) is 4.87. The monoisotopic (exact) mass is 650 g/mol. The van der Waals surface area contributed by atoms with Crippen molar-refractivity contribution >= 4 is 26.2 Å². The first-order chi connectivity index (χ1) is 21.9. The highest BCUT2D eigenvalue weighted by Crippen LogP contribution is 2.39. The Balaban J connectivity index is 2.38. The number of rotatable bonds is 22. The van der Waals surface area contributed by atoms with Crippen molar-refractivity contribution in [1.29, 1.82) is 0 Å². The molecule has 0 spiro atoms. The lowest BCUT2D eigenvalue weighted by Gasteiger charge is -2.31. The van der Waals surface area contributed by atoms with E-state index in [0.29, 0.717) is 41.8 Å². The molecule has 0 aromatic heterocycles. The van der Waals surface area contributed by atoms with Crippen LogP contribution >= 0.6 is 0 Å². The minimum absolute atomic E-state index is 0.203. The maximum absolute atomic E-state index is 11.8. The highest BCUT2D eigenvalue weighted by molar-refractivity contribution is 6.61. The summed E-state index contributed by atoms with van der Waals surface area (Å²) in [5.41, 5.74) is 1.92. The number of hydrogen-bond donors (Lipinski definition) is 0. The van der Waals surface area contributed by atoms with Crippen LogP contribution < -0.4 is 9.47 Å². The van der Waals surface area contributed by atoms with Gasteiger partial charge in [-0.15, -0.1) is 0 Å². The number of carbonyl (C=O) groups is 3. The summed E-state index contributed by atoms with van der Waals surface area (Å²) in [5, 5.41) is 0. The molecule has 0 aliphatic carbocycles. The predicted molar refractivity (Wildman–Crippen MR) is 183 cm³/mol. The molecule has 2 aromatic carbocycles. The van der Waals surface area contributed by atoms with Crippen LogP contribution in [0.4, 0.5) is 0 Å². The SMILES string of the molecule is CCCCCCCOc1cccc(-c2ccccc2)c1OCCC[Si](O/C(C)=C\C(C)=O)(O/C(C)=C/C(C)=O)O/C(C)=C/C(C)=O. The molecule has 9 heteroatoms. The van der Waals surface area contributed by atoms with Gasteiger partial charge in [-0.3, -0.25) is 14.4 Å². The van der Waals surface area contributed by atoms with E-state index in [1.807, 2.05) is 48.5 Å². The van der Waals surface area contributed by atoms with Crippen molar-refractivity contribution in [2.24, 2.45) is 0 Å². The lowest BCUT2D eigenvalue weighted by Crippen LogP contribution is -2.45. The van der Waals surface area contributed by atoms with Crippen LogP contribution in [0.15, 0.2) is 84.0 Å². The molecular formula is C37H50O8Si. The van der Waals surface area contributed by atoms with Gasteiger partial charge >= 0.3 is 8.80 Å². The third-order valence-corrected chi connectivity index (χ3v) is 9.48. The summed E-state index contributed by atoms with van der Waals surface area (Å²) in [5.74, 6) is 1.61. The minimum Gasteiger partial charge on any atom is -0.490 e. The standard InChI is InChI=1S/C37H50O8Si/c1-8-9-10-11-15-22-41-36-21-16-20-35(34-18-13-12-14-19-34)37(36)42-23-17-24-46(43-31(5)25-28(2)38,44-32(6)26-29(3)39)45-33(7)27-30(4)40/h12-14,16,18-21,25-27H,8-11,15,17,22-24H2,1-7H3/b31-25-,32-26+,33-27+. The summed E-state index contributed by atoms with van der Waals surface area (Å²) in [4.78, 5) is 35.5. The average Bonchev–Trinajstić information content (AvgIpc) is 2.96. The van der Waals surface area contributed by atoms with Crippen molar-refractivity contribution in [3.05, 3.63) is 84.0 Å². The van der Waals surface area contributed by atoms with Gasteiger partial charge in [0.25, 0.3) is 0 Å². The summed E-state index contributed by atoms with van der Waals surface area (Å²) < 4.78 is 31.5. The molecule has 0 bridgehead atoms. The molecule has 0 fully saturated rings. The van der Waals surface area contributed by atoms with Crippen LogP contribution in [0.3, 0.4) is 0 Å². The Morgan fingerprint density at radius 2 is 1.13 bits per heavy atom. The maximum atomic E-state index is 11.8. The van der Waals surface area contributed by atoms with Crippen LogP contribution in [0.1, 0.15) is 87.0 Å². The zero-order chi connectivity index (χ0) is 34.0. The molecule has 0 heterocycles. The van der Waals surface area contributed by atoms with Gasteiger partial charge in [0.05, 0.1) is 36.5 Å². The summed E-state index contributed by atoms with van der Waals surface area (Å²) >= 11 is 0. The van der Waals surface area contributed by atoms with Crippen molar-refractivity contribution in [2.75, 3.05) is 13.2 Å². The molecule has 0 saturated carbocycles. The molecule has 0 unspecified atom stereocenters. The van der Waals surface area contributed by atoms with E-state index in [1.54, 1.807) is 20.8 Å². The van der Waals surface area contributed by atoms with E-state index in [0.717, 1.165) is 24.0 Å². The van der Waals surface area contributed by atoms with Crippen molar-refractivity contribution in [3.63, 3.8) is 0 Å². The first kappa shape index (κ1) is 38.1.